The number of hydrogen-bond acceptors (Lipinski definition) is 1. The summed E-state index contributed by atoms with van der Waals surface area (Å²) >= 11 is 0. The van der Waals surface area contributed by atoms with Crippen LogP contribution >= 0.6 is 0 Å². The minimum absolute atomic E-state index is 0. The van der Waals surface area contributed by atoms with E-state index < -0.39 is 0 Å². The zero-order valence-corrected chi connectivity index (χ0v) is 6.40. The van der Waals surface area contributed by atoms with Crippen LogP contribution in [0.1, 0.15) is 26.2 Å². The van der Waals surface area contributed by atoms with Crippen LogP contribution in [-0.4, -0.2) is 34.8 Å². The Morgan fingerprint density at radius 3 is 2.00 bits per heavy atom. The fraction of sp³-hybridized carbons (Fsp3) is 1.00. The van der Waals surface area contributed by atoms with E-state index in [9.17, 15) is 0 Å². The fourth-order valence-corrected chi connectivity index (χ4v) is 0.362. The molecule has 0 amide bonds. The third kappa shape index (κ3) is 10.8. The molecule has 0 rings (SSSR count). The first-order valence-corrected chi connectivity index (χ1v) is 2.52. The smallest absolute Gasteiger partial charge is 0.0431 e. The summed E-state index contributed by atoms with van der Waals surface area (Å²) < 4.78 is 0. The molecule has 40 valence electrons. The average molecular weight is 112 g/mol. The Bertz CT molecular complexity index is 20.0. The maximum absolute atomic E-state index is 8.20. The van der Waals surface area contributed by atoms with Crippen molar-refractivity contribution in [1.29, 1.82) is 0 Å². The molecule has 0 atom stereocenters. The predicted molar refractivity (Wildman–Crippen MR) is 32.4 cm³/mol. The lowest BCUT2D eigenvalue weighted by atomic mass is 10.3. The van der Waals surface area contributed by atoms with Gasteiger partial charge in [0.25, 0.3) is 0 Å². The lowest BCUT2D eigenvalue weighted by Gasteiger charge is -1.85. The molecular formula is C5H12MgO. The van der Waals surface area contributed by atoms with Gasteiger partial charge in [-0.1, -0.05) is 19.8 Å². The zero-order chi connectivity index (χ0) is 4.83. The normalized spacial score (nSPS) is 7.71. The largest absolute Gasteiger partial charge is 0.396 e. The van der Waals surface area contributed by atoms with E-state index in [1.165, 1.54) is 6.42 Å². The van der Waals surface area contributed by atoms with Gasteiger partial charge < -0.3 is 5.11 Å². The fourth-order valence-electron chi connectivity index (χ4n) is 0.362. The maximum Gasteiger partial charge on any atom is 0.0431 e. The molecule has 0 saturated heterocycles. The van der Waals surface area contributed by atoms with Gasteiger partial charge in [0.2, 0.25) is 0 Å². The molecule has 2 heteroatoms. The summed E-state index contributed by atoms with van der Waals surface area (Å²) in [7, 11) is 0. The Morgan fingerprint density at radius 1 is 1.29 bits per heavy atom. The maximum atomic E-state index is 8.20. The number of rotatable bonds is 3. The van der Waals surface area contributed by atoms with Crippen LogP contribution in [0.3, 0.4) is 0 Å². The quantitative estimate of drug-likeness (QED) is 0.423. The topological polar surface area (TPSA) is 20.2 Å². The Balaban J connectivity index is 0. The Kier molecular flexibility index (Phi) is 15.0. The van der Waals surface area contributed by atoms with E-state index in [2.05, 4.69) is 6.92 Å². The van der Waals surface area contributed by atoms with Crippen LogP contribution in [0.5, 0.6) is 0 Å². The highest BCUT2D eigenvalue weighted by molar-refractivity contribution is 5.75. The van der Waals surface area contributed by atoms with E-state index in [-0.39, 0.29) is 23.1 Å². The molecule has 0 aliphatic rings. The third-order valence-electron chi connectivity index (χ3n) is 0.762. The van der Waals surface area contributed by atoms with Crippen molar-refractivity contribution >= 4 is 23.1 Å². The number of unbranched alkanes of at least 4 members (excludes halogenated alkanes) is 2. The summed E-state index contributed by atoms with van der Waals surface area (Å²) in [6.07, 6.45) is 3.33. The molecule has 7 heavy (non-hydrogen) atoms. The van der Waals surface area contributed by atoms with Gasteiger partial charge in [-0.15, -0.1) is 0 Å². The lowest BCUT2D eigenvalue weighted by Crippen LogP contribution is -1.78. The van der Waals surface area contributed by atoms with Crippen LogP contribution in [-0.2, 0) is 0 Å². The first kappa shape index (κ1) is 10.7. The Hall–Kier alpha value is 0.726. The van der Waals surface area contributed by atoms with E-state index in [1.807, 2.05) is 0 Å². The van der Waals surface area contributed by atoms with Crippen molar-refractivity contribution in [1.82, 2.24) is 0 Å². The van der Waals surface area contributed by atoms with Gasteiger partial charge in [0.1, 0.15) is 0 Å². The van der Waals surface area contributed by atoms with E-state index in [1.54, 1.807) is 0 Å². The van der Waals surface area contributed by atoms with E-state index in [0.29, 0.717) is 6.61 Å². The molecule has 0 saturated carbocycles. The molecule has 0 aromatic carbocycles. The molecule has 0 heterocycles. The summed E-state index contributed by atoms with van der Waals surface area (Å²) in [5.41, 5.74) is 0. The summed E-state index contributed by atoms with van der Waals surface area (Å²) in [5.74, 6) is 0. The molecular weight excluding hydrogens is 100 g/mol. The van der Waals surface area contributed by atoms with Crippen molar-refractivity contribution in [2.75, 3.05) is 6.61 Å². The molecule has 0 unspecified atom stereocenters. The second-order valence-corrected chi connectivity index (χ2v) is 1.43. The van der Waals surface area contributed by atoms with Gasteiger partial charge in [-0.25, -0.2) is 0 Å². The van der Waals surface area contributed by atoms with Crippen LogP contribution in [0, 0.1) is 0 Å². The standard InChI is InChI=1S/C5H12O.Mg/c1-2-3-4-5-6;/h6H,2-5H2,1H3;. The van der Waals surface area contributed by atoms with Crippen LogP contribution in [0.15, 0.2) is 0 Å². The number of aliphatic hydroxyl groups is 1. The van der Waals surface area contributed by atoms with Crippen molar-refractivity contribution in [3.05, 3.63) is 0 Å². The minimum Gasteiger partial charge on any atom is -0.396 e. The zero-order valence-electron chi connectivity index (χ0n) is 4.98. The molecule has 0 spiro atoms. The van der Waals surface area contributed by atoms with E-state index >= 15 is 0 Å². The molecule has 0 aromatic rings. The van der Waals surface area contributed by atoms with Crippen molar-refractivity contribution in [2.24, 2.45) is 0 Å². The first-order chi connectivity index (χ1) is 2.91. The predicted octanol–water partition coefficient (Wildman–Crippen LogP) is 0.788. The molecule has 0 aliphatic heterocycles. The summed E-state index contributed by atoms with van der Waals surface area (Å²) in [5, 5.41) is 8.20. The molecule has 0 aliphatic carbocycles. The van der Waals surface area contributed by atoms with Gasteiger partial charge >= 0.3 is 0 Å². The summed E-state index contributed by atoms with van der Waals surface area (Å²) in [4.78, 5) is 0. The molecule has 2 radical (unpaired) electrons. The van der Waals surface area contributed by atoms with Gasteiger partial charge in [0, 0.05) is 29.7 Å². The second kappa shape index (κ2) is 9.87. The van der Waals surface area contributed by atoms with E-state index in [4.69, 9.17) is 5.11 Å². The SMILES string of the molecule is CCCCCO.[Mg]. The number of aliphatic hydroxyl groups excluding tert-OH is 1. The molecule has 1 N–H and O–H groups in total. The Morgan fingerprint density at radius 2 is 1.86 bits per heavy atom. The average Bonchev–Trinajstić information content (AvgIpc) is 1.61. The second-order valence-electron chi connectivity index (χ2n) is 1.43. The van der Waals surface area contributed by atoms with Crippen LogP contribution in [0.25, 0.3) is 0 Å². The molecule has 0 bridgehead atoms. The monoisotopic (exact) mass is 112 g/mol. The summed E-state index contributed by atoms with van der Waals surface area (Å²) in [6, 6.07) is 0. The van der Waals surface area contributed by atoms with Crippen LogP contribution in [0.2, 0.25) is 0 Å². The van der Waals surface area contributed by atoms with Crippen molar-refractivity contribution < 1.29 is 5.11 Å². The lowest BCUT2D eigenvalue weighted by molar-refractivity contribution is 0.284. The van der Waals surface area contributed by atoms with E-state index in [0.717, 1.165) is 12.8 Å². The highest BCUT2D eigenvalue weighted by Gasteiger charge is 1.76. The minimum atomic E-state index is 0. The number of hydrogen-bond donors (Lipinski definition) is 1. The molecule has 0 aromatic heterocycles. The van der Waals surface area contributed by atoms with Crippen LogP contribution in [0.4, 0.5) is 0 Å². The van der Waals surface area contributed by atoms with Gasteiger partial charge in [-0.05, 0) is 6.42 Å². The highest BCUT2D eigenvalue weighted by atomic mass is 24.3. The van der Waals surface area contributed by atoms with Gasteiger partial charge in [-0.3, -0.25) is 0 Å². The van der Waals surface area contributed by atoms with Crippen molar-refractivity contribution in [3.8, 4) is 0 Å². The first-order valence-electron chi connectivity index (χ1n) is 2.52. The highest BCUT2D eigenvalue weighted by Crippen LogP contribution is 1.89. The Labute approximate surface area is 61.3 Å². The van der Waals surface area contributed by atoms with Gasteiger partial charge in [-0.2, -0.15) is 0 Å². The summed E-state index contributed by atoms with van der Waals surface area (Å²) in [6.45, 7) is 2.48. The van der Waals surface area contributed by atoms with Gasteiger partial charge in [0.15, 0.2) is 0 Å². The van der Waals surface area contributed by atoms with Gasteiger partial charge in [0.05, 0.1) is 0 Å². The third-order valence-corrected chi connectivity index (χ3v) is 0.762. The molecule has 1 nitrogen and oxygen atoms in total. The van der Waals surface area contributed by atoms with Crippen molar-refractivity contribution in [3.63, 3.8) is 0 Å². The molecule has 0 fully saturated rings. The van der Waals surface area contributed by atoms with Crippen molar-refractivity contribution in [2.45, 2.75) is 26.2 Å². The van der Waals surface area contributed by atoms with Crippen LogP contribution < -0.4 is 0 Å².